The van der Waals surface area contributed by atoms with E-state index < -0.39 is 35.6 Å². The van der Waals surface area contributed by atoms with E-state index >= 15 is 0 Å². The summed E-state index contributed by atoms with van der Waals surface area (Å²) in [5, 5.41) is 10.3. The van der Waals surface area contributed by atoms with Crippen molar-refractivity contribution in [2.24, 2.45) is 5.92 Å². The van der Waals surface area contributed by atoms with Crippen LogP contribution in [0.4, 0.5) is 62.8 Å². The molecule has 3 aromatic rings. The molecule has 1 saturated heterocycles. The number of carbonyl (C=O) groups is 1. The van der Waals surface area contributed by atoms with Gasteiger partial charge in [-0.15, -0.1) is 0 Å². The van der Waals surface area contributed by atoms with Crippen molar-refractivity contribution in [2.75, 3.05) is 41.3 Å². The van der Waals surface area contributed by atoms with Gasteiger partial charge in [-0.2, -0.15) is 44.5 Å². The molecule has 0 bridgehead atoms. The van der Waals surface area contributed by atoms with Gasteiger partial charge in [-0.25, -0.2) is 14.8 Å². The number of aliphatic carboxylic acids is 1. The first-order valence-electron chi connectivity index (χ1n) is 14.1. The summed E-state index contributed by atoms with van der Waals surface area (Å²) in [6.07, 6.45) is -9.96. The lowest BCUT2D eigenvalue weighted by Gasteiger charge is -2.31. The second-order valence-corrected chi connectivity index (χ2v) is 10.9. The number of alkyl halides is 9. The Bertz CT molecular complexity index is 1510. The number of anilines is 4. The third-order valence-corrected chi connectivity index (χ3v) is 7.38. The molecule has 0 amide bonds. The summed E-state index contributed by atoms with van der Waals surface area (Å²) in [5.74, 6) is -1.47. The fourth-order valence-electron chi connectivity index (χ4n) is 5.16. The molecular weight excluding hydrogens is 635 g/mol. The van der Waals surface area contributed by atoms with Gasteiger partial charge in [0.05, 0.1) is 16.8 Å². The van der Waals surface area contributed by atoms with Gasteiger partial charge in [0.1, 0.15) is 11.6 Å². The predicted octanol–water partition coefficient (Wildman–Crippen LogP) is 7.13. The normalized spacial score (nSPS) is 17.4. The zero-order chi connectivity index (χ0) is 33.9. The molecule has 46 heavy (non-hydrogen) atoms. The zero-order valence-electron chi connectivity index (χ0n) is 24.3. The number of fused-ring (bicyclic) bond motifs is 1. The molecule has 2 N–H and O–H groups in total. The number of halogens is 9. The van der Waals surface area contributed by atoms with Crippen molar-refractivity contribution < 1.29 is 49.4 Å². The lowest BCUT2D eigenvalue weighted by Crippen LogP contribution is -2.36. The van der Waals surface area contributed by atoms with Gasteiger partial charge in [0, 0.05) is 50.0 Å². The summed E-state index contributed by atoms with van der Waals surface area (Å²) in [7, 11) is 0. The molecule has 4 heterocycles. The minimum absolute atomic E-state index is 0.131. The fourth-order valence-corrected chi connectivity index (χ4v) is 5.16. The van der Waals surface area contributed by atoms with Gasteiger partial charge in [0.15, 0.2) is 0 Å². The number of pyridine rings is 1. The number of carboxylic acids is 1. The first kappa shape index (κ1) is 34.6. The van der Waals surface area contributed by atoms with Crippen molar-refractivity contribution in [3.05, 3.63) is 65.0 Å². The SMILES string of the molecule is CC1CCCN(c2nc3c(c(Nc4ccc(C(F)(F)F)cc4)n2)CCN(c2ncccc2C(F)(F)F)CC3)C1.O=C(O)C(F)(F)F. The molecule has 1 fully saturated rings. The molecule has 2 aliphatic heterocycles. The van der Waals surface area contributed by atoms with E-state index in [0.717, 1.165) is 49.7 Å². The van der Waals surface area contributed by atoms with E-state index in [9.17, 15) is 39.5 Å². The van der Waals surface area contributed by atoms with E-state index in [1.54, 1.807) is 4.90 Å². The quantitative estimate of drug-likeness (QED) is 0.285. The molecule has 5 rings (SSSR count). The van der Waals surface area contributed by atoms with Crippen LogP contribution in [0.2, 0.25) is 0 Å². The third kappa shape index (κ3) is 8.69. The van der Waals surface area contributed by atoms with Crippen LogP contribution in [0.1, 0.15) is 42.1 Å². The number of hydrogen-bond donors (Lipinski definition) is 2. The van der Waals surface area contributed by atoms with Crippen LogP contribution < -0.4 is 15.1 Å². The third-order valence-electron chi connectivity index (χ3n) is 7.38. The molecule has 17 heteroatoms. The van der Waals surface area contributed by atoms with Gasteiger partial charge in [-0.05, 0) is 61.6 Å². The molecule has 0 spiro atoms. The number of nitrogens with one attached hydrogen (secondary N) is 1. The average Bonchev–Trinajstić information content (AvgIpc) is 3.19. The zero-order valence-corrected chi connectivity index (χ0v) is 24.3. The summed E-state index contributed by atoms with van der Waals surface area (Å²) in [5.41, 5.74) is 0.305. The van der Waals surface area contributed by atoms with Crippen LogP contribution in [0.15, 0.2) is 42.6 Å². The summed E-state index contributed by atoms with van der Waals surface area (Å²) in [4.78, 5) is 26.3. The summed E-state index contributed by atoms with van der Waals surface area (Å²) < 4.78 is 112. The Labute approximate surface area is 257 Å². The van der Waals surface area contributed by atoms with Crippen molar-refractivity contribution in [1.29, 1.82) is 0 Å². The van der Waals surface area contributed by atoms with E-state index in [1.165, 1.54) is 24.4 Å². The molecule has 250 valence electrons. The number of rotatable bonds is 4. The average molecular weight is 665 g/mol. The highest BCUT2D eigenvalue weighted by Crippen LogP contribution is 2.37. The largest absolute Gasteiger partial charge is 0.490 e. The predicted molar refractivity (Wildman–Crippen MR) is 150 cm³/mol. The Morgan fingerprint density at radius 1 is 0.891 bits per heavy atom. The minimum atomic E-state index is -5.08. The smallest absolute Gasteiger partial charge is 0.475 e. The molecule has 0 aliphatic carbocycles. The van der Waals surface area contributed by atoms with Gasteiger partial charge in [-0.1, -0.05) is 6.92 Å². The van der Waals surface area contributed by atoms with E-state index in [2.05, 4.69) is 22.1 Å². The molecule has 1 aromatic carbocycles. The Kier molecular flexibility index (Phi) is 10.2. The number of piperidine rings is 1. The molecule has 0 saturated carbocycles. The fraction of sp³-hybridized carbons (Fsp3) is 0.448. The monoisotopic (exact) mass is 664 g/mol. The van der Waals surface area contributed by atoms with Gasteiger partial charge in [0.25, 0.3) is 0 Å². The van der Waals surface area contributed by atoms with E-state index in [1.807, 2.05) is 0 Å². The van der Waals surface area contributed by atoms with Gasteiger partial charge in [-0.3, -0.25) is 0 Å². The molecule has 8 nitrogen and oxygen atoms in total. The van der Waals surface area contributed by atoms with Crippen LogP contribution in [0.3, 0.4) is 0 Å². The van der Waals surface area contributed by atoms with Crippen molar-refractivity contribution in [1.82, 2.24) is 15.0 Å². The topological polar surface area (TPSA) is 94.5 Å². The highest BCUT2D eigenvalue weighted by molar-refractivity contribution is 5.73. The number of benzene rings is 1. The maximum absolute atomic E-state index is 13.7. The highest BCUT2D eigenvalue weighted by atomic mass is 19.4. The highest BCUT2D eigenvalue weighted by Gasteiger charge is 2.38. The van der Waals surface area contributed by atoms with Crippen molar-refractivity contribution in [2.45, 2.75) is 51.1 Å². The maximum atomic E-state index is 13.7. The van der Waals surface area contributed by atoms with Crippen LogP contribution >= 0.6 is 0 Å². The molecule has 1 atom stereocenters. The van der Waals surface area contributed by atoms with Gasteiger partial charge < -0.3 is 20.2 Å². The van der Waals surface area contributed by atoms with Crippen LogP contribution in [0.5, 0.6) is 0 Å². The molecule has 0 radical (unpaired) electrons. The van der Waals surface area contributed by atoms with Crippen LogP contribution in [0.25, 0.3) is 0 Å². The standard InChI is InChI=1S/C27H28F6N6.C2HF3O2/c1-17-4-3-13-39(16-17)25-36-22-11-15-38(24-21(27(31,32)33)5-2-12-34-24)14-10-20(22)23(37-25)35-19-8-6-18(7-9-19)26(28,29)30;3-2(4,5)1(6)7/h2,5-9,12,17H,3-4,10-11,13-16H2,1H3,(H,35,36,37);(H,6,7). The summed E-state index contributed by atoms with van der Waals surface area (Å²) in [6.45, 7) is 4.23. The van der Waals surface area contributed by atoms with Crippen LogP contribution in [-0.2, 0) is 30.0 Å². The second-order valence-electron chi connectivity index (χ2n) is 10.9. The van der Waals surface area contributed by atoms with E-state index in [0.29, 0.717) is 41.9 Å². The van der Waals surface area contributed by atoms with Crippen LogP contribution in [-0.4, -0.2) is 58.4 Å². The summed E-state index contributed by atoms with van der Waals surface area (Å²) in [6, 6.07) is 6.96. The first-order chi connectivity index (χ1) is 21.4. The molecular formula is C29H29F9N6O2. The van der Waals surface area contributed by atoms with Crippen molar-refractivity contribution in [3.63, 3.8) is 0 Å². The van der Waals surface area contributed by atoms with Gasteiger partial charge in [0.2, 0.25) is 5.95 Å². The number of hydrogen-bond acceptors (Lipinski definition) is 7. The Morgan fingerprint density at radius 2 is 1.54 bits per heavy atom. The molecule has 2 aromatic heterocycles. The molecule has 2 aliphatic rings. The second kappa shape index (κ2) is 13.6. The Morgan fingerprint density at radius 3 is 2.13 bits per heavy atom. The maximum Gasteiger partial charge on any atom is 0.490 e. The lowest BCUT2D eigenvalue weighted by atomic mass is 10.0. The minimum Gasteiger partial charge on any atom is -0.475 e. The van der Waals surface area contributed by atoms with E-state index in [-0.39, 0.29) is 18.9 Å². The van der Waals surface area contributed by atoms with Crippen molar-refractivity contribution in [3.8, 4) is 0 Å². The van der Waals surface area contributed by atoms with Crippen LogP contribution in [0, 0.1) is 5.92 Å². The van der Waals surface area contributed by atoms with Crippen molar-refractivity contribution >= 4 is 29.2 Å². The first-order valence-corrected chi connectivity index (χ1v) is 14.1. The van der Waals surface area contributed by atoms with Gasteiger partial charge >= 0.3 is 24.5 Å². The molecule has 1 unspecified atom stereocenters. The number of aromatic nitrogens is 3. The Balaban J connectivity index is 0.000000617. The lowest BCUT2D eigenvalue weighted by molar-refractivity contribution is -0.192. The number of carboxylic acid groups (broad SMARTS) is 1. The Hall–Kier alpha value is -4.31. The van der Waals surface area contributed by atoms with E-state index in [4.69, 9.17) is 19.9 Å². The summed E-state index contributed by atoms with van der Waals surface area (Å²) >= 11 is 0. The number of nitrogens with zero attached hydrogens (tertiary/aromatic N) is 5.